The molecule has 1 aromatic rings. The molecule has 0 fully saturated rings. The normalized spacial score (nSPS) is 11.7. The first-order valence-electron chi connectivity index (χ1n) is 4.17. The first-order valence-corrected chi connectivity index (χ1v) is 4.17. The van der Waals surface area contributed by atoms with E-state index in [0.29, 0.717) is 12.1 Å². The number of rotatable bonds is 4. The molecule has 0 unspecified atom stereocenters. The van der Waals surface area contributed by atoms with Crippen LogP contribution in [0.1, 0.15) is 0 Å². The van der Waals surface area contributed by atoms with Crippen molar-refractivity contribution in [1.82, 2.24) is 0 Å². The summed E-state index contributed by atoms with van der Waals surface area (Å²) in [6.45, 7) is -8.31. The van der Waals surface area contributed by atoms with E-state index in [1.54, 1.807) is 0 Å². The molecule has 0 N–H and O–H groups in total. The first kappa shape index (κ1) is 12.6. The molecule has 0 aliphatic carbocycles. The lowest BCUT2D eigenvalue weighted by molar-refractivity contribution is -0.0511. The molecule has 0 aliphatic rings. The van der Waals surface area contributed by atoms with Gasteiger partial charge in [-0.15, -0.1) is 5.46 Å². The maximum Gasteiger partial charge on any atom is 0.509 e. The van der Waals surface area contributed by atoms with Gasteiger partial charge < -0.3 is 22.4 Å². The molecule has 1 rings (SSSR count). The summed E-state index contributed by atoms with van der Waals surface area (Å²) in [4.78, 5) is 0. The second kappa shape index (κ2) is 4.59. The monoisotopic (exact) mass is 241 g/mol. The molecular formula is C8H7BF5O2-. The quantitative estimate of drug-likeness (QED) is 0.595. The van der Waals surface area contributed by atoms with Crippen LogP contribution >= 0.6 is 0 Å². The zero-order chi connectivity index (χ0) is 12.3. The maximum absolute atomic E-state index is 12.3. The summed E-state index contributed by atoms with van der Waals surface area (Å²) < 4.78 is 69.2. The van der Waals surface area contributed by atoms with Crippen LogP contribution in [0.15, 0.2) is 18.2 Å². The van der Waals surface area contributed by atoms with Crippen molar-refractivity contribution in [1.29, 1.82) is 0 Å². The van der Waals surface area contributed by atoms with Crippen molar-refractivity contribution >= 4 is 12.4 Å². The van der Waals surface area contributed by atoms with Crippen LogP contribution in [0.3, 0.4) is 0 Å². The van der Waals surface area contributed by atoms with Crippen molar-refractivity contribution in [3.05, 3.63) is 18.2 Å². The molecule has 0 bridgehead atoms. The van der Waals surface area contributed by atoms with E-state index in [9.17, 15) is 21.7 Å². The number of alkyl halides is 2. The summed E-state index contributed by atoms with van der Waals surface area (Å²) in [5, 5.41) is 0. The summed E-state index contributed by atoms with van der Waals surface area (Å²) in [5.41, 5.74) is -0.932. The fraction of sp³-hybridized carbons (Fsp3) is 0.250. The van der Waals surface area contributed by atoms with E-state index >= 15 is 0 Å². The molecular weight excluding hydrogens is 234 g/mol. The van der Waals surface area contributed by atoms with Crippen molar-refractivity contribution in [3.63, 3.8) is 0 Å². The molecule has 0 aromatic heterocycles. The second-order valence-corrected chi connectivity index (χ2v) is 2.86. The minimum atomic E-state index is -5.19. The number of halogens is 5. The molecule has 2 nitrogen and oxygen atoms in total. The van der Waals surface area contributed by atoms with E-state index in [4.69, 9.17) is 0 Å². The molecule has 0 atom stereocenters. The van der Waals surface area contributed by atoms with Gasteiger partial charge in [0.15, 0.2) is 11.5 Å². The van der Waals surface area contributed by atoms with Crippen LogP contribution < -0.4 is 14.9 Å². The number of benzene rings is 1. The lowest BCUT2D eigenvalue weighted by Crippen LogP contribution is -2.33. The van der Waals surface area contributed by atoms with E-state index < -0.39 is 24.8 Å². The van der Waals surface area contributed by atoms with Crippen LogP contribution in [-0.4, -0.2) is 20.7 Å². The van der Waals surface area contributed by atoms with E-state index in [-0.39, 0.29) is 5.75 Å². The highest BCUT2D eigenvalue weighted by Gasteiger charge is 2.26. The van der Waals surface area contributed by atoms with Crippen molar-refractivity contribution in [2.24, 2.45) is 0 Å². The Bertz CT molecular complexity index is 366. The summed E-state index contributed by atoms with van der Waals surface area (Å²) >= 11 is 0. The lowest BCUT2D eigenvalue weighted by atomic mass is 9.80. The van der Waals surface area contributed by atoms with Crippen LogP contribution in [0.4, 0.5) is 21.7 Å². The Morgan fingerprint density at radius 3 is 2.19 bits per heavy atom. The highest BCUT2D eigenvalue weighted by atomic mass is 19.4. The van der Waals surface area contributed by atoms with Crippen molar-refractivity contribution < 1.29 is 31.2 Å². The smallest absolute Gasteiger partial charge is 0.493 e. The van der Waals surface area contributed by atoms with E-state index in [1.807, 2.05) is 0 Å². The van der Waals surface area contributed by atoms with Crippen LogP contribution in [0.25, 0.3) is 0 Å². The topological polar surface area (TPSA) is 18.5 Å². The van der Waals surface area contributed by atoms with Crippen LogP contribution in [0, 0.1) is 0 Å². The average Bonchev–Trinajstić information content (AvgIpc) is 2.15. The number of methoxy groups -OCH3 is 1. The lowest BCUT2D eigenvalue weighted by Gasteiger charge is -2.17. The third kappa shape index (κ3) is 3.01. The van der Waals surface area contributed by atoms with Gasteiger partial charge in [0, 0.05) is 0 Å². The highest BCUT2D eigenvalue weighted by molar-refractivity contribution is 6.73. The van der Waals surface area contributed by atoms with Gasteiger partial charge >= 0.3 is 13.6 Å². The third-order valence-electron chi connectivity index (χ3n) is 1.78. The molecule has 0 radical (unpaired) electrons. The summed E-state index contributed by atoms with van der Waals surface area (Å²) in [5.74, 6) is -0.807. The maximum atomic E-state index is 12.3. The van der Waals surface area contributed by atoms with Crippen molar-refractivity contribution in [2.75, 3.05) is 7.11 Å². The Balaban J connectivity index is 3.07. The van der Waals surface area contributed by atoms with Gasteiger partial charge in [0.2, 0.25) is 0 Å². The first-order chi connectivity index (χ1) is 7.34. The van der Waals surface area contributed by atoms with Crippen LogP contribution in [0.2, 0.25) is 0 Å². The van der Waals surface area contributed by atoms with Gasteiger partial charge in [0.25, 0.3) is 0 Å². The molecule has 8 heteroatoms. The minimum Gasteiger partial charge on any atom is -0.493 e. The van der Waals surface area contributed by atoms with Gasteiger partial charge in [-0.25, -0.2) is 0 Å². The van der Waals surface area contributed by atoms with Gasteiger partial charge in [0.05, 0.1) is 7.11 Å². The van der Waals surface area contributed by atoms with E-state index in [1.165, 1.54) is 0 Å². The van der Waals surface area contributed by atoms with Crippen molar-refractivity contribution in [3.8, 4) is 11.5 Å². The standard InChI is InChI=1S/C8H7BF5O2/c1-15-7-4-5(9(12,13)14)2-3-6(7)16-8(10)11/h2-4,8H,1H3/q-1. The van der Waals surface area contributed by atoms with Crippen molar-refractivity contribution in [2.45, 2.75) is 6.61 Å². The predicted molar refractivity (Wildman–Crippen MR) is 48.3 cm³/mol. The van der Waals surface area contributed by atoms with Gasteiger partial charge in [-0.1, -0.05) is 6.07 Å². The molecule has 0 saturated carbocycles. The second-order valence-electron chi connectivity index (χ2n) is 2.86. The fourth-order valence-corrected chi connectivity index (χ4v) is 1.08. The fourth-order valence-electron chi connectivity index (χ4n) is 1.08. The summed E-state index contributed by atoms with van der Waals surface area (Å²) in [6.07, 6.45) is 0. The van der Waals surface area contributed by atoms with Gasteiger partial charge in [-0.2, -0.15) is 8.78 Å². The number of hydrogen-bond acceptors (Lipinski definition) is 2. The molecule has 0 saturated heterocycles. The van der Waals surface area contributed by atoms with Gasteiger partial charge in [-0.3, -0.25) is 0 Å². The zero-order valence-electron chi connectivity index (χ0n) is 8.09. The Kier molecular flexibility index (Phi) is 3.61. The number of ether oxygens (including phenoxy) is 2. The zero-order valence-corrected chi connectivity index (χ0v) is 8.09. The Labute approximate surface area is 88.0 Å². The largest absolute Gasteiger partial charge is 0.509 e. The van der Waals surface area contributed by atoms with Crippen LogP contribution in [-0.2, 0) is 0 Å². The molecule has 1 aromatic carbocycles. The number of hydrogen-bond donors (Lipinski definition) is 0. The minimum absolute atomic E-state index is 0.378. The molecule has 0 heterocycles. The van der Waals surface area contributed by atoms with E-state index in [0.717, 1.165) is 13.2 Å². The molecule has 90 valence electrons. The molecule has 0 spiro atoms. The highest BCUT2D eigenvalue weighted by Crippen LogP contribution is 2.28. The SMILES string of the molecule is COc1cc([B-](F)(F)F)ccc1OC(F)F. The van der Waals surface area contributed by atoms with E-state index in [2.05, 4.69) is 9.47 Å². The van der Waals surface area contributed by atoms with Gasteiger partial charge in [0.1, 0.15) is 0 Å². The molecule has 16 heavy (non-hydrogen) atoms. The summed E-state index contributed by atoms with van der Waals surface area (Å²) in [6, 6.07) is 2.09. The molecule has 0 amide bonds. The average molecular weight is 241 g/mol. The predicted octanol–water partition coefficient (Wildman–Crippen LogP) is 2.35. The van der Waals surface area contributed by atoms with Crippen LogP contribution in [0.5, 0.6) is 11.5 Å². The summed E-state index contributed by atoms with van der Waals surface area (Å²) in [7, 11) is 1.07. The third-order valence-corrected chi connectivity index (χ3v) is 1.78. The Morgan fingerprint density at radius 2 is 1.75 bits per heavy atom. The Hall–Kier alpha value is -1.47. The van der Waals surface area contributed by atoms with Gasteiger partial charge in [-0.05, 0) is 12.1 Å². The Morgan fingerprint density at radius 1 is 1.12 bits per heavy atom. The molecule has 0 aliphatic heterocycles.